The van der Waals surface area contributed by atoms with E-state index in [9.17, 15) is 28.6 Å². The van der Waals surface area contributed by atoms with Crippen molar-refractivity contribution in [3.05, 3.63) is 155 Å². The van der Waals surface area contributed by atoms with Gasteiger partial charge in [0.25, 0.3) is 5.91 Å². The number of amides is 1. The standard InChI is InChI=1S/C23H20FN3O3.C22H19FN4O/c1-2-16-14(12-28)4-3-5-19(16)26-21-17-10-20(13-6-8-15(24)9-7-13)27-22(17)25-11-18(21)23(29)30;1-2-13-5-3-4-6-18(13)26-20-16-11-19(14-7-9-15(23)10-8-14)27-22(16)25-12-17(20)21(24)28/h3-11,28H,2,12H2,1H3,(H,29,30)(H2,25,26,27);3-12H,2H2,1H3,(H2,24,28)(H2,25,26,27). The summed E-state index contributed by atoms with van der Waals surface area (Å²) in [5.41, 5.74) is 15.6. The van der Waals surface area contributed by atoms with Crippen molar-refractivity contribution in [1.82, 2.24) is 19.9 Å². The minimum absolute atomic E-state index is 0.0311. The number of nitrogens with two attached hydrogens (primary N) is 1. The molecule has 4 aromatic carbocycles. The summed E-state index contributed by atoms with van der Waals surface area (Å²) in [6.07, 6.45) is 4.28. The Morgan fingerprint density at radius 2 is 1.17 bits per heavy atom. The van der Waals surface area contributed by atoms with Crippen molar-refractivity contribution in [2.45, 2.75) is 33.3 Å². The number of nitrogens with zero attached hydrogens (tertiary/aromatic N) is 2. The molecule has 0 bridgehead atoms. The number of carbonyl (C=O) groups is 2. The molecule has 0 atom stereocenters. The van der Waals surface area contributed by atoms with Crippen LogP contribution in [-0.4, -0.2) is 42.0 Å². The fraction of sp³-hybridized carbons (Fsp3) is 0.111. The molecule has 8 aromatic rings. The van der Waals surface area contributed by atoms with Crippen LogP contribution in [0, 0.1) is 11.6 Å². The number of rotatable bonds is 11. The number of aliphatic hydroxyl groups excluding tert-OH is 1. The van der Waals surface area contributed by atoms with Gasteiger partial charge in [0.15, 0.2) is 0 Å². The Morgan fingerprint density at radius 3 is 1.69 bits per heavy atom. The molecule has 13 heteroatoms. The molecule has 0 fully saturated rings. The molecule has 0 radical (unpaired) electrons. The van der Waals surface area contributed by atoms with Crippen molar-refractivity contribution in [2.24, 2.45) is 5.73 Å². The molecule has 58 heavy (non-hydrogen) atoms. The van der Waals surface area contributed by atoms with Crippen LogP contribution in [0.25, 0.3) is 44.6 Å². The van der Waals surface area contributed by atoms with E-state index in [2.05, 4.69) is 37.5 Å². The van der Waals surface area contributed by atoms with Gasteiger partial charge in [0, 0.05) is 45.9 Å². The molecule has 0 spiro atoms. The van der Waals surface area contributed by atoms with Crippen LogP contribution in [0.5, 0.6) is 0 Å². The number of primary amides is 1. The van der Waals surface area contributed by atoms with Gasteiger partial charge in [-0.05, 0) is 113 Å². The molecule has 0 aliphatic rings. The minimum Gasteiger partial charge on any atom is -0.478 e. The highest BCUT2D eigenvalue weighted by Crippen LogP contribution is 2.36. The molecule has 4 heterocycles. The monoisotopic (exact) mass is 779 g/mol. The number of benzene rings is 4. The van der Waals surface area contributed by atoms with Crippen molar-refractivity contribution in [3.8, 4) is 22.5 Å². The maximum atomic E-state index is 13.3. The van der Waals surface area contributed by atoms with Crippen molar-refractivity contribution >= 4 is 56.7 Å². The van der Waals surface area contributed by atoms with E-state index in [1.807, 2.05) is 55.5 Å². The molecule has 1 amide bonds. The van der Waals surface area contributed by atoms with Gasteiger partial charge in [-0.2, -0.15) is 0 Å². The summed E-state index contributed by atoms with van der Waals surface area (Å²) < 4.78 is 26.5. The number of aromatic carboxylic acids is 1. The number of aromatic amines is 2. The van der Waals surface area contributed by atoms with E-state index < -0.39 is 11.9 Å². The second kappa shape index (κ2) is 16.8. The summed E-state index contributed by atoms with van der Waals surface area (Å²) in [6, 6.07) is 29.3. The number of hydrogen-bond acceptors (Lipinski definition) is 7. The van der Waals surface area contributed by atoms with E-state index in [1.54, 1.807) is 30.3 Å². The average molecular weight is 780 g/mol. The lowest BCUT2D eigenvalue weighted by Gasteiger charge is -2.16. The highest BCUT2D eigenvalue weighted by Gasteiger charge is 2.20. The van der Waals surface area contributed by atoms with Crippen LogP contribution in [0.2, 0.25) is 0 Å². The highest BCUT2D eigenvalue weighted by molar-refractivity contribution is 6.08. The van der Waals surface area contributed by atoms with Crippen LogP contribution in [0.3, 0.4) is 0 Å². The summed E-state index contributed by atoms with van der Waals surface area (Å²) in [5.74, 6) is -2.30. The van der Waals surface area contributed by atoms with E-state index in [0.29, 0.717) is 45.7 Å². The number of para-hydroxylation sites is 1. The Bertz CT molecular complexity index is 2780. The second-order valence-electron chi connectivity index (χ2n) is 13.4. The number of fused-ring (bicyclic) bond motifs is 2. The third kappa shape index (κ3) is 7.97. The third-order valence-corrected chi connectivity index (χ3v) is 9.84. The number of carboxylic acids is 1. The Kier molecular flexibility index (Phi) is 11.2. The first-order chi connectivity index (χ1) is 28.1. The average Bonchev–Trinajstić information content (AvgIpc) is 3.87. The number of aromatic nitrogens is 4. The van der Waals surface area contributed by atoms with E-state index in [4.69, 9.17) is 5.73 Å². The molecule has 11 nitrogen and oxygen atoms in total. The van der Waals surface area contributed by atoms with Gasteiger partial charge in [-0.3, -0.25) is 4.79 Å². The molecule has 8 rings (SSSR count). The lowest BCUT2D eigenvalue weighted by molar-refractivity contribution is 0.0697. The molecular formula is C45H39F2N7O4. The lowest BCUT2D eigenvalue weighted by Crippen LogP contribution is -2.14. The first-order valence-electron chi connectivity index (χ1n) is 18.5. The lowest BCUT2D eigenvalue weighted by atomic mass is 10.0. The van der Waals surface area contributed by atoms with Gasteiger partial charge >= 0.3 is 5.97 Å². The number of H-pyrrole nitrogens is 2. The molecule has 0 aliphatic heterocycles. The van der Waals surface area contributed by atoms with Gasteiger partial charge in [-0.15, -0.1) is 0 Å². The largest absolute Gasteiger partial charge is 0.478 e. The molecule has 0 saturated heterocycles. The quantitative estimate of drug-likeness (QED) is 0.0677. The first kappa shape index (κ1) is 38.9. The van der Waals surface area contributed by atoms with Gasteiger partial charge in [-0.25, -0.2) is 23.5 Å². The summed E-state index contributed by atoms with van der Waals surface area (Å²) in [6.45, 7) is 3.94. The first-order valence-corrected chi connectivity index (χ1v) is 18.5. The predicted molar refractivity (Wildman–Crippen MR) is 223 cm³/mol. The van der Waals surface area contributed by atoms with Crippen LogP contribution >= 0.6 is 0 Å². The van der Waals surface area contributed by atoms with Crippen LogP contribution in [0.4, 0.5) is 31.5 Å². The SMILES string of the molecule is CCc1c(CO)cccc1Nc1c(C(=O)O)cnc2[nH]c(-c3ccc(F)cc3)cc12.CCc1ccccc1Nc1c(C(N)=O)cnc2[nH]c(-c3ccc(F)cc3)cc12. The third-order valence-electron chi connectivity index (χ3n) is 9.84. The molecule has 4 aromatic heterocycles. The zero-order valence-electron chi connectivity index (χ0n) is 31.5. The number of aryl methyl sites for hydroxylation is 1. The van der Waals surface area contributed by atoms with Crippen molar-refractivity contribution in [1.29, 1.82) is 0 Å². The highest BCUT2D eigenvalue weighted by atomic mass is 19.1. The number of carboxylic acid groups (broad SMARTS) is 1. The summed E-state index contributed by atoms with van der Waals surface area (Å²) >= 11 is 0. The summed E-state index contributed by atoms with van der Waals surface area (Å²) in [5, 5.41) is 27.3. The second-order valence-corrected chi connectivity index (χ2v) is 13.4. The Morgan fingerprint density at radius 1 is 0.672 bits per heavy atom. The number of halogens is 2. The smallest absolute Gasteiger partial charge is 0.339 e. The Hall–Kier alpha value is -7.38. The van der Waals surface area contributed by atoms with Crippen molar-refractivity contribution in [2.75, 3.05) is 10.6 Å². The van der Waals surface area contributed by atoms with Crippen molar-refractivity contribution < 1.29 is 28.6 Å². The minimum atomic E-state index is -1.10. The molecule has 8 N–H and O–H groups in total. The normalized spacial score (nSPS) is 11.0. The topological polar surface area (TPSA) is 182 Å². The van der Waals surface area contributed by atoms with Crippen LogP contribution in [0.15, 0.2) is 116 Å². The number of pyridine rings is 2. The summed E-state index contributed by atoms with van der Waals surface area (Å²) in [7, 11) is 0. The van der Waals surface area contributed by atoms with Gasteiger partial charge in [-0.1, -0.05) is 44.2 Å². The van der Waals surface area contributed by atoms with Crippen LogP contribution in [0.1, 0.15) is 51.3 Å². The fourth-order valence-corrected chi connectivity index (χ4v) is 6.88. The number of aliphatic hydroxyl groups is 1. The molecule has 292 valence electrons. The number of hydrogen-bond donors (Lipinski definition) is 7. The van der Waals surface area contributed by atoms with Gasteiger partial charge in [0.1, 0.15) is 28.5 Å². The molecule has 0 aliphatic carbocycles. The predicted octanol–water partition coefficient (Wildman–Crippen LogP) is 9.64. The van der Waals surface area contributed by atoms with Crippen LogP contribution < -0.4 is 16.4 Å². The number of anilines is 4. The summed E-state index contributed by atoms with van der Waals surface area (Å²) in [4.78, 5) is 38.9. The Labute approximate surface area is 331 Å². The number of carbonyl (C=O) groups excluding carboxylic acids is 1. The zero-order valence-corrected chi connectivity index (χ0v) is 31.5. The molecular weight excluding hydrogens is 741 g/mol. The molecule has 0 unspecified atom stereocenters. The van der Waals surface area contributed by atoms with Gasteiger partial charge < -0.3 is 36.5 Å². The van der Waals surface area contributed by atoms with E-state index in [0.717, 1.165) is 56.7 Å². The maximum Gasteiger partial charge on any atom is 0.339 e. The molecule has 0 saturated carbocycles. The van der Waals surface area contributed by atoms with E-state index in [-0.39, 0.29) is 23.8 Å². The van der Waals surface area contributed by atoms with Crippen LogP contribution in [-0.2, 0) is 19.4 Å². The van der Waals surface area contributed by atoms with E-state index in [1.165, 1.54) is 36.7 Å². The van der Waals surface area contributed by atoms with Crippen molar-refractivity contribution in [3.63, 3.8) is 0 Å². The van der Waals surface area contributed by atoms with Gasteiger partial charge in [0.05, 0.1) is 23.5 Å². The van der Waals surface area contributed by atoms with E-state index >= 15 is 0 Å². The maximum absolute atomic E-state index is 13.3. The Balaban J connectivity index is 0.000000177. The number of nitrogens with one attached hydrogen (secondary N) is 4. The van der Waals surface area contributed by atoms with Gasteiger partial charge in [0.2, 0.25) is 0 Å². The fourth-order valence-electron chi connectivity index (χ4n) is 6.88. The zero-order chi connectivity index (χ0) is 40.9.